The first-order chi connectivity index (χ1) is 13.2. The van der Waals surface area contributed by atoms with Gasteiger partial charge in [0.2, 0.25) is 5.91 Å². The third-order valence-electron chi connectivity index (χ3n) is 6.32. The van der Waals surface area contributed by atoms with E-state index in [2.05, 4.69) is 17.0 Å². The summed E-state index contributed by atoms with van der Waals surface area (Å²) in [5.41, 5.74) is 3.60. The van der Waals surface area contributed by atoms with Crippen LogP contribution >= 0.6 is 0 Å². The smallest absolute Gasteiger partial charge is 0.253 e. The number of hydrogen-bond donors (Lipinski definition) is 0. The topological polar surface area (TPSA) is 43.9 Å². The minimum absolute atomic E-state index is 0.144. The van der Waals surface area contributed by atoms with Crippen LogP contribution in [-0.2, 0) is 17.6 Å². The standard InChI is InChI=1S/C22H31N3O2/c26-21(24-10-4-1-5-11-24)17-23-12-14-25(15-13-23)22(27)20-9-8-18-6-2-3-7-19(18)16-20/h8-9,16H,1-7,10-15,17H2. The molecule has 0 saturated carbocycles. The summed E-state index contributed by atoms with van der Waals surface area (Å²) in [6.45, 7) is 5.32. The third kappa shape index (κ3) is 4.34. The predicted molar refractivity (Wildman–Crippen MR) is 106 cm³/mol. The average molecular weight is 370 g/mol. The van der Waals surface area contributed by atoms with Crippen LogP contribution in [0, 0.1) is 0 Å². The second kappa shape index (κ2) is 8.42. The van der Waals surface area contributed by atoms with Crippen LogP contribution in [0.25, 0.3) is 0 Å². The molecule has 5 nitrogen and oxygen atoms in total. The fourth-order valence-electron chi connectivity index (χ4n) is 4.59. The van der Waals surface area contributed by atoms with Gasteiger partial charge < -0.3 is 9.80 Å². The van der Waals surface area contributed by atoms with Crippen LogP contribution in [0.2, 0.25) is 0 Å². The summed E-state index contributed by atoms with van der Waals surface area (Å²) < 4.78 is 0. The zero-order chi connectivity index (χ0) is 18.6. The minimum Gasteiger partial charge on any atom is -0.342 e. The molecule has 0 bridgehead atoms. The number of piperidine rings is 1. The van der Waals surface area contributed by atoms with Crippen LogP contribution < -0.4 is 0 Å². The first kappa shape index (κ1) is 18.5. The van der Waals surface area contributed by atoms with Gasteiger partial charge >= 0.3 is 0 Å². The number of amides is 2. The summed E-state index contributed by atoms with van der Waals surface area (Å²) in [6.07, 6.45) is 8.25. The van der Waals surface area contributed by atoms with Gasteiger partial charge in [-0.1, -0.05) is 6.07 Å². The molecular formula is C22H31N3O2. The summed E-state index contributed by atoms with van der Waals surface area (Å²) in [5, 5.41) is 0. The van der Waals surface area contributed by atoms with Crippen molar-refractivity contribution in [3.8, 4) is 0 Å². The molecule has 0 atom stereocenters. The van der Waals surface area contributed by atoms with E-state index in [1.165, 1.54) is 30.4 Å². The maximum Gasteiger partial charge on any atom is 0.253 e. The summed E-state index contributed by atoms with van der Waals surface area (Å²) in [5.74, 6) is 0.398. The summed E-state index contributed by atoms with van der Waals surface area (Å²) in [4.78, 5) is 31.5. The summed E-state index contributed by atoms with van der Waals surface area (Å²) in [6, 6.07) is 6.26. The summed E-state index contributed by atoms with van der Waals surface area (Å²) in [7, 11) is 0. The van der Waals surface area contributed by atoms with Crippen LogP contribution in [0.15, 0.2) is 18.2 Å². The van der Waals surface area contributed by atoms with Gasteiger partial charge in [-0.2, -0.15) is 0 Å². The lowest BCUT2D eigenvalue weighted by Crippen LogP contribution is -2.52. The van der Waals surface area contributed by atoms with Crippen molar-refractivity contribution in [2.75, 3.05) is 45.8 Å². The predicted octanol–water partition coefficient (Wildman–Crippen LogP) is 2.34. The molecule has 1 aromatic rings. The van der Waals surface area contributed by atoms with E-state index in [9.17, 15) is 9.59 Å². The number of hydrogen-bond acceptors (Lipinski definition) is 3. The number of fused-ring (bicyclic) bond motifs is 1. The van der Waals surface area contributed by atoms with Crippen molar-refractivity contribution in [2.24, 2.45) is 0 Å². The number of likely N-dealkylation sites (tertiary alicyclic amines) is 1. The first-order valence-electron chi connectivity index (χ1n) is 10.6. The molecule has 4 rings (SSSR count). The maximum atomic E-state index is 12.9. The number of rotatable bonds is 3. The molecule has 1 aliphatic carbocycles. The molecule has 146 valence electrons. The van der Waals surface area contributed by atoms with E-state index in [1.54, 1.807) is 0 Å². The highest BCUT2D eigenvalue weighted by molar-refractivity contribution is 5.94. The molecule has 2 fully saturated rings. The van der Waals surface area contributed by atoms with Gasteiger partial charge in [-0.3, -0.25) is 14.5 Å². The van der Waals surface area contributed by atoms with Crippen molar-refractivity contribution in [1.82, 2.24) is 14.7 Å². The number of piperazine rings is 1. The molecule has 0 radical (unpaired) electrons. The van der Waals surface area contributed by atoms with Crippen molar-refractivity contribution in [3.05, 3.63) is 34.9 Å². The van der Waals surface area contributed by atoms with Gasteiger partial charge in [0.1, 0.15) is 0 Å². The van der Waals surface area contributed by atoms with Gasteiger partial charge in [0.25, 0.3) is 5.91 Å². The highest BCUT2D eigenvalue weighted by atomic mass is 16.2. The SMILES string of the molecule is O=C(CN1CCN(C(=O)c2ccc3c(c2)CCCC3)CC1)N1CCCCC1. The molecule has 27 heavy (non-hydrogen) atoms. The molecule has 1 aromatic carbocycles. The number of benzene rings is 1. The van der Waals surface area contributed by atoms with Crippen LogP contribution in [0.5, 0.6) is 0 Å². The lowest BCUT2D eigenvalue weighted by Gasteiger charge is -2.36. The van der Waals surface area contributed by atoms with E-state index in [0.29, 0.717) is 19.6 Å². The van der Waals surface area contributed by atoms with Crippen molar-refractivity contribution in [1.29, 1.82) is 0 Å². The Morgan fingerprint density at radius 1 is 0.741 bits per heavy atom. The Labute approximate surface area is 162 Å². The maximum absolute atomic E-state index is 12.9. The van der Waals surface area contributed by atoms with E-state index in [-0.39, 0.29) is 11.8 Å². The normalized spacial score (nSPS) is 21.0. The highest BCUT2D eigenvalue weighted by Gasteiger charge is 2.25. The molecule has 0 unspecified atom stereocenters. The number of nitrogens with zero attached hydrogens (tertiary/aromatic N) is 3. The fourth-order valence-corrected chi connectivity index (χ4v) is 4.59. The van der Waals surface area contributed by atoms with E-state index in [0.717, 1.165) is 57.4 Å². The zero-order valence-electron chi connectivity index (χ0n) is 16.3. The molecule has 2 saturated heterocycles. The largest absolute Gasteiger partial charge is 0.342 e. The molecule has 0 N–H and O–H groups in total. The molecule has 2 amide bonds. The second-order valence-electron chi connectivity index (χ2n) is 8.20. The Morgan fingerprint density at radius 3 is 2.19 bits per heavy atom. The molecule has 3 aliphatic rings. The Balaban J connectivity index is 1.29. The highest BCUT2D eigenvalue weighted by Crippen LogP contribution is 2.23. The third-order valence-corrected chi connectivity index (χ3v) is 6.32. The van der Waals surface area contributed by atoms with Crippen molar-refractivity contribution in [2.45, 2.75) is 44.9 Å². The molecule has 5 heteroatoms. The number of aryl methyl sites for hydroxylation is 2. The fraction of sp³-hybridized carbons (Fsp3) is 0.636. The molecular weight excluding hydrogens is 338 g/mol. The van der Waals surface area contributed by atoms with Crippen LogP contribution in [0.3, 0.4) is 0 Å². The van der Waals surface area contributed by atoms with E-state index in [4.69, 9.17) is 0 Å². The minimum atomic E-state index is 0.144. The number of carbonyl (C=O) groups excluding carboxylic acids is 2. The lowest BCUT2D eigenvalue weighted by atomic mass is 9.90. The van der Waals surface area contributed by atoms with Crippen LogP contribution in [-0.4, -0.2) is 72.3 Å². The Hall–Kier alpha value is -1.88. The van der Waals surface area contributed by atoms with Crippen molar-refractivity contribution < 1.29 is 9.59 Å². The van der Waals surface area contributed by atoms with Gasteiger partial charge in [-0.05, 0) is 68.2 Å². The van der Waals surface area contributed by atoms with Gasteiger partial charge in [0.15, 0.2) is 0 Å². The average Bonchev–Trinajstić information content (AvgIpc) is 2.74. The van der Waals surface area contributed by atoms with E-state index >= 15 is 0 Å². The van der Waals surface area contributed by atoms with E-state index in [1.807, 2.05) is 15.9 Å². The number of carbonyl (C=O) groups is 2. The summed E-state index contributed by atoms with van der Waals surface area (Å²) >= 11 is 0. The Kier molecular flexibility index (Phi) is 5.77. The van der Waals surface area contributed by atoms with Gasteiger partial charge in [0, 0.05) is 44.8 Å². The van der Waals surface area contributed by atoms with Gasteiger partial charge in [-0.25, -0.2) is 0 Å². The van der Waals surface area contributed by atoms with Crippen LogP contribution in [0.4, 0.5) is 0 Å². The quantitative estimate of drug-likeness (QED) is 0.821. The molecule has 2 heterocycles. The van der Waals surface area contributed by atoms with Crippen molar-refractivity contribution >= 4 is 11.8 Å². The molecule has 2 aliphatic heterocycles. The van der Waals surface area contributed by atoms with Gasteiger partial charge in [-0.15, -0.1) is 0 Å². The van der Waals surface area contributed by atoms with Crippen molar-refractivity contribution in [3.63, 3.8) is 0 Å². The Morgan fingerprint density at radius 2 is 1.44 bits per heavy atom. The van der Waals surface area contributed by atoms with Crippen LogP contribution in [0.1, 0.15) is 53.6 Å². The lowest BCUT2D eigenvalue weighted by molar-refractivity contribution is -0.133. The Bertz CT molecular complexity index is 689. The first-order valence-corrected chi connectivity index (χ1v) is 10.6. The molecule has 0 spiro atoms. The monoisotopic (exact) mass is 369 g/mol. The molecule has 0 aromatic heterocycles. The zero-order valence-corrected chi connectivity index (χ0v) is 16.3. The second-order valence-corrected chi connectivity index (χ2v) is 8.20. The van der Waals surface area contributed by atoms with E-state index < -0.39 is 0 Å². The van der Waals surface area contributed by atoms with Gasteiger partial charge in [0.05, 0.1) is 6.54 Å².